The number of thioether (sulfide) groups is 1. The van der Waals surface area contributed by atoms with Gasteiger partial charge >= 0.3 is 0 Å². The minimum atomic E-state index is -0.184. The summed E-state index contributed by atoms with van der Waals surface area (Å²) in [6.07, 6.45) is 2.04. The Morgan fingerprint density at radius 3 is 2.54 bits per heavy atom. The summed E-state index contributed by atoms with van der Waals surface area (Å²) in [7, 11) is 0. The van der Waals surface area contributed by atoms with Gasteiger partial charge in [-0.3, -0.25) is 9.89 Å². The van der Waals surface area contributed by atoms with E-state index in [-0.39, 0.29) is 5.91 Å². The largest absolute Gasteiger partial charge is 0.347 e. The van der Waals surface area contributed by atoms with Crippen molar-refractivity contribution in [3.05, 3.63) is 70.9 Å². The molecular weight excluding hydrogens is 342 g/mol. The van der Waals surface area contributed by atoms with Gasteiger partial charge in [0.1, 0.15) is 5.69 Å². The van der Waals surface area contributed by atoms with Crippen LogP contribution >= 0.6 is 23.4 Å². The fraction of sp³-hybridized carbons (Fsp3) is 0.111. The number of nitrogens with one attached hydrogen (secondary N) is 2. The van der Waals surface area contributed by atoms with Crippen molar-refractivity contribution in [2.45, 2.75) is 11.4 Å². The standard InChI is InChI=1S/C18H16ClN3OS/c1-24-15-8-2-12(3-9-15)11-20-18(23)17-10-16(21-22-17)13-4-6-14(19)7-5-13/h2-10H,11H2,1H3,(H,20,23)(H,21,22). The van der Waals surface area contributed by atoms with Gasteiger partial charge in [0, 0.05) is 22.0 Å². The lowest BCUT2D eigenvalue weighted by Crippen LogP contribution is -2.23. The number of halogens is 1. The average molecular weight is 358 g/mol. The van der Waals surface area contributed by atoms with E-state index in [0.717, 1.165) is 11.1 Å². The molecule has 3 aromatic rings. The molecule has 4 nitrogen and oxygen atoms in total. The van der Waals surface area contributed by atoms with Crippen LogP contribution in [0.25, 0.3) is 11.3 Å². The quantitative estimate of drug-likeness (QED) is 0.666. The summed E-state index contributed by atoms with van der Waals surface area (Å²) in [6, 6.07) is 17.2. The van der Waals surface area contributed by atoms with Crippen molar-refractivity contribution in [2.24, 2.45) is 0 Å². The monoisotopic (exact) mass is 357 g/mol. The topological polar surface area (TPSA) is 57.8 Å². The molecule has 2 N–H and O–H groups in total. The van der Waals surface area contributed by atoms with E-state index in [4.69, 9.17) is 11.6 Å². The highest BCUT2D eigenvalue weighted by Gasteiger charge is 2.10. The van der Waals surface area contributed by atoms with Crippen molar-refractivity contribution < 1.29 is 4.79 Å². The van der Waals surface area contributed by atoms with Crippen molar-refractivity contribution in [2.75, 3.05) is 6.26 Å². The van der Waals surface area contributed by atoms with Crippen molar-refractivity contribution in [3.63, 3.8) is 0 Å². The van der Waals surface area contributed by atoms with Gasteiger partial charge in [0.25, 0.3) is 5.91 Å². The third-order valence-electron chi connectivity index (χ3n) is 3.57. The Hall–Kier alpha value is -2.24. The van der Waals surface area contributed by atoms with Gasteiger partial charge in [-0.1, -0.05) is 35.9 Å². The zero-order valence-electron chi connectivity index (χ0n) is 13.0. The van der Waals surface area contributed by atoms with Crippen LogP contribution in [0.4, 0.5) is 0 Å². The Morgan fingerprint density at radius 2 is 1.88 bits per heavy atom. The number of carbonyl (C=O) groups is 1. The van der Waals surface area contributed by atoms with E-state index in [2.05, 4.69) is 15.5 Å². The molecule has 2 aromatic carbocycles. The molecule has 1 amide bonds. The summed E-state index contributed by atoms with van der Waals surface area (Å²) in [5.41, 5.74) is 3.10. The van der Waals surface area contributed by atoms with Crippen LogP contribution in [0.1, 0.15) is 16.1 Å². The van der Waals surface area contributed by atoms with Crippen molar-refractivity contribution in [1.82, 2.24) is 15.5 Å². The zero-order chi connectivity index (χ0) is 16.9. The highest BCUT2D eigenvalue weighted by molar-refractivity contribution is 7.98. The van der Waals surface area contributed by atoms with Gasteiger partial charge < -0.3 is 5.32 Å². The normalized spacial score (nSPS) is 10.6. The van der Waals surface area contributed by atoms with Crippen molar-refractivity contribution in [1.29, 1.82) is 0 Å². The summed E-state index contributed by atoms with van der Waals surface area (Å²) in [4.78, 5) is 13.4. The molecular formula is C18H16ClN3OS. The van der Waals surface area contributed by atoms with Crippen LogP contribution < -0.4 is 5.32 Å². The lowest BCUT2D eigenvalue weighted by molar-refractivity contribution is 0.0946. The third kappa shape index (κ3) is 3.99. The Bertz CT molecular complexity index is 828. The van der Waals surface area contributed by atoms with Crippen molar-refractivity contribution >= 4 is 29.3 Å². The van der Waals surface area contributed by atoms with Gasteiger partial charge in [-0.05, 0) is 42.2 Å². The molecule has 0 saturated carbocycles. The lowest BCUT2D eigenvalue weighted by Gasteiger charge is -2.04. The number of nitrogens with zero attached hydrogens (tertiary/aromatic N) is 1. The second kappa shape index (κ2) is 7.55. The van der Waals surface area contributed by atoms with Crippen LogP contribution in [0, 0.1) is 0 Å². The van der Waals surface area contributed by atoms with E-state index < -0.39 is 0 Å². The number of hydrogen-bond acceptors (Lipinski definition) is 3. The number of hydrogen-bond donors (Lipinski definition) is 2. The van der Waals surface area contributed by atoms with Gasteiger partial charge in [0.15, 0.2) is 0 Å². The summed E-state index contributed by atoms with van der Waals surface area (Å²) < 4.78 is 0. The molecule has 3 rings (SSSR count). The predicted molar refractivity (Wildman–Crippen MR) is 98.4 cm³/mol. The minimum Gasteiger partial charge on any atom is -0.347 e. The number of H-pyrrole nitrogens is 1. The van der Waals surface area contributed by atoms with E-state index >= 15 is 0 Å². The molecule has 122 valence electrons. The Morgan fingerprint density at radius 1 is 1.17 bits per heavy atom. The first kappa shape index (κ1) is 16.6. The van der Waals surface area contributed by atoms with Crippen LogP contribution in [0.15, 0.2) is 59.5 Å². The van der Waals surface area contributed by atoms with Crippen molar-refractivity contribution in [3.8, 4) is 11.3 Å². The molecule has 0 spiro atoms. The number of aromatic nitrogens is 2. The van der Waals surface area contributed by atoms with Crippen LogP contribution in [0.2, 0.25) is 5.02 Å². The fourth-order valence-corrected chi connectivity index (χ4v) is 2.76. The number of amides is 1. The molecule has 0 unspecified atom stereocenters. The molecule has 6 heteroatoms. The smallest absolute Gasteiger partial charge is 0.269 e. The molecule has 0 aliphatic heterocycles. The average Bonchev–Trinajstić information content (AvgIpc) is 3.11. The van der Waals surface area contributed by atoms with Gasteiger partial charge in [-0.2, -0.15) is 5.10 Å². The SMILES string of the molecule is CSc1ccc(CNC(=O)c2cc(-c3ccc(Cl)cc3)n[nH]2)cc1. The molecule has 1 heterocycles. The number of carbonyl (C=O) groups excluding carboxylic acids is 1. The summed E-state index contributed by atoms with van der Waals surface area (Å²) >= 11 is 7.57. The molecule has 1 aromatic heterocycles. The van der Waals surface area contributed by atoms with Crippen LogP contribution in [0.5, 0.6) is 0 Å². The van der Waals surface area contributed by atoms with E-state index in [1.807, 2.05) is 42.7 Å². The highest BCUT2D eigenvalue weighted by atomic mass is 35.5. The second-order valence-electron chi connectivity index (χ2n) is 5.20. The maximum absolute atomic E-state index is 12.2. The van der Waals surface area contributed by atoms with Gasteiger partial charge in [0.2, 0.25) is 0 Å². The first-order chi connectivity index (χ1) is 11.7. The fourth-order valence-electron chi connectivity index (χ4n) is 2.23. The van der Waals surface area contributed by atoms with Gasteiger partial charge in [-0.15, -0.1) is 11.8 Å². The molecule has 0 bridgehead atoms. The van der Waals surface area contributed by atoms with E-state index in [1.54, 1.807) is 30.0 Å². The summed E-state index contributed by atoms with van der Waals surface area (Å²) in [5.74, 6) is -0.184. The number of aromatic amines is 1. The third-order valence-corrected chi connectivity index (χ3v) is 4.57. The first-order valence-electron chi connectivity index (χ1n) is 7.38. The van der Waals surface area contributed by atoms with Gasteiger partial charge in [-0.25, -0.2) is 0 Å². The Labute approximate surface area is 149 Å². The molecule has 0 aliphatic rings. The van der Waals surface area contributed by atoms with Crippen LogP contribution in [-0.2, 0) is 6.54 Å². The molecule has 0 atom stereocenters. The van der Waals surface area contributed by atoms with Crippen LogP contribution in [-0.4, -0.2) is 22.4 Å². The number of benzene rings is 2. The number of rotatable bonds is 5. The maximum atomic E-state index is 12.2. The second-order valence-corrected chi connectivity index (χ2v) is 6.52. The molecule has 0 aliphatic carbocycles. The molecule has 0 saturated heterocycles. The Kier molecular flexibility index (Phi) is 5.23. The molecule has 24 heavy (non-hydrogen) atoms. The van der Waals surface area contributed by atoms with Crippen LogP contribution in [0.3, 0.4) is 0 Å². The minimum absolute atomic E-state index is 0.184. The van der Waals surface area contributed by atoms with E-state index in [1.165, 1.54) is 4.90 Å². The zero-order valence-corrected chi connectivity index (χ0v) is 14.6. The highest BCUT2D eigenvalue weighted by Crippen LogP contribution is 2.20. The van der Waals surface area contributed by atoms with E-state index in [0.29, 0.717) is 23.0 Å². The summed E-state index contributed by atoms with van der Waals surface area (Å²) in [5, 5.41) is 10.5. The molecule has 0 fully saturated rings. The maximum Gasteiger partial charge on any atom is 0.269 e. The van der Waals surface area contributed by atoms with E-state index in [9.17, 15) is 4.79 Å². The lowest BCUT2D eigenvalue weighted by atomic mass is 10.1. The first-order valence-corrected chi connectivity index (χ1v) is 8.98. The predicted octanol–water partition coefficient (Wildman–Crippen LogP) is 4.38. The molecule has 0 radical (unpaired) electrons. The van der Waals surface area contributed by atoms with Gasteiger partial charge in [0.05, 0.1) is 5.69 Å². The Balaban J connectivity index is 1.64. The summed E-state index contributed by atoms with van der Waals surface area (Å²) in [6.45, 7) is 0.475.